The molecule has 0 aromatic heterocycles. The van der Waals surface area contributed by atoms with Crippen LogP contribution in [0, 0.1) is 11.3 Å². The minimum atomic E-state index is 0.568. The minimum absolute atomic E-state index is 0.568. The van der Waals surface area contributed by atoms with Crippen LogP contribution < -0.4 is 4.74 Å². The van der Waals surface area contributed by atoms with Gasteiger partial charge in [-0.25, -0.2) is 0 Å². The average Bonchev–Trinajstić information content (AvgIpc) is 2.29. The van der Waals surface area contributed by atoms with E-state index in [4.69, 9.17) is 10.00 Å². The molecule has 0 saturated carbocycles. The van der Waals surface area contributed by atoms with Crippen LogP contribution in [-0.4, -0.2) is 12.4 Å². The lowest BCUT2D eigenvalue weighted by molar-refractivity contribution is 0.413. The van der Waals surface area contributed by atoms with Gasteiger partial charge >= 0.3 is 0 Å². The second-order valence-corrected chi connectivity index (χ2v) is 3.74. The monoisotopic (exact) mass is 265 g/mol. The molecule has 0 aliphatic rings. The van der Waals surface area contributed by atoms with Gasteiger partial charge in [0.2, 0.25) is 0 Å². The molecule has 3 heteroatoms. The van der Waals surface area contributed by atoms with Crippen molar-refractivity contribution >= 4 is 22.0 Å². The van der Waals surface area contributed by atoms with Crippen molar-refractivity contribution in [1.29, 1.82) is 5.26 Å². The molecule has 1 aromatic rings. The van der Waals surface area contributed by atoms with Crippen molar-refractivity contribution in [1.82, 2.24) is 0 Å². The Morgan fingerprint density at radius 1 is 1.53 bits per heavy atom. The number of allylic oxidation sites excluding steroid dienone is 1. The molecule has 0 fully saturated rings. The first-order valence-corrected chi connectivity index (χ1v) is 5.74. The molecule has 0 saturated heterocycles. The maximum atomic E-state index is 8.88. The Hall–Kier alpha value is -1.27. The third-order valence-electron chi connectivity index (χ3n) is 1.93. The van der Waals surface area contributed by atoms with Gasteiger partial charge in [-0.15, -0.1) is 0 Å². The molecule has 0 unspecified atom stereocenters. The smallest absolute Gasteiger partial charge is 0.136 e. The SMILES string of the molecule is COc1ccc(C=CCCBr)cc1C#N. The van der Waals surface area contributed by atoms with Gasteiger partial charge in [-0.3, -0.25) is 0 Å². The van der Waals surface area contributed by atoms with Crippen molar-refractivity contribution in [2.75, 3.05) is 12.4 Å². The van der Waals surface area contributed by atoms with Gasteiger partial charge in [-0.1, -0.05) is 34.1 Å². The highest BCUT2D eigenvalue weighted by Gasteiger charge is 2.01. The minimum Gasteiger partial charge on any atom is -0.495 e. The van der Waals surface area contributed by atoms with E-state index in [1.165, 1.54) is 0 Å². The first-order chi connectivity index (χ1) is 7.31. The van der Waals surface area contributed by atoms with E-state index in [0.29, 0.717) is 11.3 Å². The molecular formula is C12H12BrNO. The summed E-state index contributed by atoms with van der Waals surface area (Å²) in [6.45, 7) is 0. The van der Waals surface area contributed by atoms with E-state index in [2.05, 4.69) is 28.1 Å². The summed E-state index contributed by atoms with van der Waals surface area (Å²) in [5.74, 6) is 0.621. The van der Waals surface area contributed by atoms with Crippen LogP contribution in [0.3, 0.4) is 0 Å². The number of rotatable bonds is 4. The summed E-state index contributed by atoms with van der Waals surface area (Å²) in [5.41, 5.74) is 1.59. The largest absolute Gasteiger partial charge is 0.495 e. The molecule has 1 aromatic carbocycles. The molecule has 0 amide bonds. The Labute approximate surface area is 98.3 Å². The molecule has 1 rings (SSSR count). The van der Waals surface area contributed by atoms with E-state index in [1.54, 1.807) is 7.11 Å². The average molecular weight is 266 g/mol. The fraction of sp³-hybridized carbons (Fsp3) is 0.250. The summed E-state index contributed by atoms with van der Waals surface area (Å²) in [4.78, 5) is 0. The molecular weight excluding hydrogens is 254 g/mol. The second kappa shape index (κ2) is 6.26. The quantitative estimate of drug-likeness (QED) is 0.783. The van der Waals surface area contributed by atoms with Gasteiger partial charge in [0.25, 0.3) is 0 Å². The van der Waals surface area contributed by atoms with Gasteiger partial charge < -0.3 is 4.74 Å². The molecule has 0 spiro atoms. The van der Waals surface area contributed by atoms with Gasteiger partial charge in [0.05, 0.1) is 12.7 Å². The lowest BCUT2D eigenvalue weighted by atomic mass is 10.1. The van der Waals surface area contributed by atoms with Crippen LogP contribution in [0.1, 0.15) is 17.5 Å². The standard InChI is InChI=1S/C12H12BrNO/c1-15-12-6-5-10(4-2-3-7-13)8-11(12)9-14/h2,4-6,8H,3,7H2,1H3. The molecule has 0 aliphatic carbocycles. The number of methoxy groups -OCH3 is 1. The van der Waals surface area contributed by atoms with Gasteiger partial charge in [-0.2, -0.15) is 5.26 Å². The lowest BCUT2D eigenvalue weighted by Crippen LogP contribution is -1.88. The lowest BCUT2D eigenvalue weighted by Gasteiger charge is -2.02. The summed E-state index contributed by atoms with van der Waals surface area (Å²) in [7, 11) is 1.57. The van der Waals surface area contributed by atoms with E-state index in [9.17, 15) is 0 Å². The predicted molar refractivity (Wildman–Crippen MR) is 65.2 cm³/mol. The maximum absolute atomic E-state index is 8.88. The van der Waals surface area contributed by atoms with Gasteiger partial charge in [-0.05, 0) is 24.1 Å². The highest BCUT2D eigenvalue weighted by Crippen LogP contribution is 2.19. The molecule has 0 N–H and O–H groups in total. The van der Waals surface area contributed by atoms with Crippen molar-refractivity contribution in [2.24, 2.45) is 0 Å². The van der Waals surface area contributed by atoms with Crippen LogP contribution in [0.25, 0.3) is 6.08 Å². The first kappa shape index (κ1) is 11.8. The highest BCUT2D eigenvalue weighted by atomic mass is 79.9. The maximum Gasteiger partial charge on any atom is 0.136 e. The predicted octanol–water partition coefficient (Wildman–Crippen LogP) is 3.37. The number of nitriles is 1. The van der Waals surface area contributed by atoms with Crippen LogP contribution in [0.15, 0.2) is 24.3 Å². The van der Waals surface area contributed by atoms with Crippen LogP contribution in [0.2, 0.25) is 0 Å². The van der Waals surface area contributed by atoms with E-state index < -0.39 is 0 Å². The Morgan fingerprint density at radius 3 is 2.93 bits per heavy atom. The Kier molecular flexibility index (Phi) is 4.92. The van der Waals surface area contributed by atoms with Gasteiger partial charge in [0.15, 0.2) is 0 Å². The van der Waals surface area contributed by atoms with Crippen LogP contribution in [-0.2, 0) is 0 Å². The van der Waals surface area contributed by atoms with E-state index in [-0.39, 0.29) is 0 Å². The van der Waals surface area contributed by atoms with Crippen LogP contribution >= 0.6 is 15.9 Å². The summed E-state index contributed by atoms with van der Waals surface area (Å²) < 4.78 is 5.06. The van der Waals surface area contributed by atoms with Crippen LogP contribution in [0.5, 0.6) is 5.75 Å². The van der Waals surface area contributed by atoms with E-state index >= 15 is 0 Å². The number of ether oxygens (including phenoxy) is 1. The van der Waals surface area contributed by atoms with Crippen molar-refractivity contribution in [3.8, 4) is 11.8 Å². The molecule has 0 bridgehead atoms. The van der Waals surface area contributed by atoms with Crippen molar-refractivity contribution in [3.63, 3.8) is 0 Å². The van der Waals surface area contributed by atoms with E-state index in [0.717, 1.165) is 17.3 Å². The van der Waals surface area contributed by atoms with Gasteiger partial charge in [0.1, 0.15) is 11.8 Å². The zero-order valence-corrected chi connectivity index (χ0v) is 10.1. The number of hydrogen-bond acceptors (Lipinski definition) is 2. The first-order valence-electron chi connectivity index (χ1n) is 4.62. The Balaban J connectivity index is 2.89. The van der Waals surface area contributed by atoms with Crippen molar-refractivity contribution < 1.29 is 4.74 Å². The fourth-order valence-electron chi connectivity index (χ4n) is 1.20. The summed E-state index contributed by atoms with van der Waals surface area (Å²) in [6, 6.07) is 7.68. The van der Waals surface area contributed by atoms with Crippen LogP contribution in [0.4, 0.5) is 0 Å². The fourth-order valence-corrected chi connectivity index (χ4v) is 1.46. The molecule has 0 atom stereocenters. The Morgan fingerprint density at radius 2 is 2.33 bits per heavy atom. The number of nitrogens with zero attached hydrogens (tertiary/aromatic N) is 1. The molecule has 15 heavy (non-hydrogen) atoms. The second-order valence-electron chi connectivity index (χ2n) is 2.95. The summed E-state index contributed by atoms with van der Waals surface area (Å²) in [6.07, 6.45) is 5.05. The topological polar surface area (TPSA) is 33.0 Å². The summed E-state index contributed by atoms with van der Waals surface area (Å²) >= 11 is 3.35. The number of benzene rings is 1. The number of alkyl halides is 1. The van der Waals surface area contributed by atoms with Crippen molar-refractivity contribution in [3.05, 3.63) is 35.4 Å². The molecule has 78 valence electrons. The summed E-state index contributed by atoms with van der Waals surface area (Å²) in [5, 5.41) is 9.83. The molecule has 2 nitrogen and oxygen atoms in total. The third kappa shape index (κ3) is 3.41. The normalized spacial score (nSPS) is 10.2. The van der Waals surface area contributed by atoms with Gasteiger partial charge in [0, 0.05) is 5.33 Å². The zero-order chi connectivity index (χ0) is 11.1. The molecule has 0 heterocycles. The molecule has 0 aliphatic heterocycles. The third-order valence-corrected chi connectivity index (χ3v) is 2.39. The molecule has 0 radical (unpaired) electrons. The van der Waals surface area contributed by atoms with Crippen molar-refractivity contribution in [2.45, 2.75) is 6.42 Å². The van der Waals surface area contributed by atoms with E-state index in [1.807, 2.05) is 24.3 Å². The number of halogens is 1. The number of hydrogen-bond donors (Lipinski definition) is 0. The highest BCUT2D eigenvalue weighted by molar-refractivity contribution is 9.09. The Bertz CT molecular complexity index is 393. The zero-order valence-electron chi connectivity index (χ0n) is 8.53.